The molecule has 0 rings (SSSR count). The Bertz CT molecular complexity index is 198. The molecule has 0 amide bonds. The lowest BCUT2D eigenvalue weighted by molar-refractivity contribution is -0.237. The number of halogens is 4. The van der Waals surface area contributed by atoms with Crippen molar-refractivity contribution in [1.82, 2.24) is 0 Å². The predicted octanol–water partition coefficient (Wildman–Crippen LogP) is 1.99. The minimum Gasteiger partial charge on any atom is -0.478 e. The monoisotopic (exact) mass is 232 g/mol. The molecule has 0 saturated carbocycles. The Labute approximate surface area is 82.1 Å². The van der Waals surface area contributed by atoms with Crippen molar-refractivity contribution < 1.29 is 37.4 Å². The van der Waals surface area contributed by atoms with Crippen LogP contribution >= 0.6 is 0 Å². The molecule has 0 aromatic carbocycles. The Morgan fingerprint density at radius 1 is 0.933 bits per heavy atom. The van der Waals surface area contributed by atoms with Gasteiger partial charge in [-0.15, -0.1) is 17.6 Å². The lowest BCUT2D eigenvalue weighted by atomic mass is 10.7. The van der Waals surface area contributed by atoms with E-state index in [1.165, 1.54) is 0 Å². The molecular formula is C7H8F4O4. The van der Waals surface area contributed by atoms with Crippen molar-refractivity contribution in [2.45, 2.75) is 6.43 Å². The van der Waals surface area contributed by atoms with Gasteiger partial charge in [-0.1, -0.05) is 13.2 Å². The number of hydrogen-bond acceptors (Lipinski definition) is 2. The van der Waals surface area contributed by atoms with Crippen LogP contribution in [0.25, 0.3) is 0 Å². The van der Waals surface area contributed by atoms with Crippen LogP contribution in [-0.2, 0) is 9.59 Å². The molecule has 0 aromatic rings. The van der Waals surface area contributed by atoms with E-state index in [0.29, 0.717) is 0 Å². The topological polar surface area (TPSA) is 74.6 Å². The highest BCUT2D eigenvalue weighted by molar-refractivity contribution is 5.79. The molecule has 4 nitrogen and oxygen atoms in total. The van der Waals surface area contributed by atoms with E-state index >= 15 is 0 Å². The molecule has 0 aromatic heterocycles. The summed E-state index contributed by atoms with van der Waals surface area (Å²) in [5.41, 5.74) is 0. The lowest BCUT2D eigenvalue weighted by Crippen LogP contribution is -1.92. The van der Waals surface area contributed by atoms with Crippen LogP contribution < -0.4 is 0 Å². The van der Waals surface area contributed by atoms with Crippen LogP contribution in [0.4, 0.5) is 17.6 Å². The van der Waals surface area contributed by atoms with Crippen molar-refractivity contribution in [3.63, 3.8) is 0 Å². The molecule has 0 radical (unpaired) electrons. The Morgan fingerprint density at radius 2 is 1.00 bits per heavy atom. The molecule has 0 aliphatic heterocycles. The predicted molar refractivity (Wildman–Crippen MR) is 42.8 cm³/mol. The summed E-state index contributed by atoms with van der Waals surface area (Å²) in [6.45, 7) is 5.92. The number of carboxylic acids is 2. The quantitative estimate of drug-likeness (QED) is 0.564. The molecule has 2 N–H and O–H groups in total. The van der Waals surface area contributed by atoms with Crippen LogP contribution in [0.2, 0.25) is 0 Å². The van der Waals surface area contributed by atoms with Crippen molar-refractivity contribution in [2.75, 3.05) is 0 Å². The van der Waals surface area contributed by atoms with E-state index in [0.717, 1.165) is 12.2 Å². The molecule has 0 bridgehead atoms. The average molecular weight is 232 g/mol. The third-order valence-corrected chi connectivity index (χ3v) is 0.349. The van der Waals surface area contributed by atoms with Crippen LogP contribution in [0.3, 0.4) is 0 Å². The van der Waals surface area contributed by atoms with E-state index in [1.807, 2.05) is 0 Å². The molecule has 15 heavy (non-hydrogen) atoms. The molecule has 0 fully saturated rings. The molecule has 0 aliphatic carbocycles. The fraction of sp³-hybridized carbons (Fsp3) is 0.143. The number of carboxylic acid groups (broad SMARTS) is 2. The standard InChI is InChI=1S/2C3H4O2.CF4/c2*1-2-3(4)5;2-1(3,4)5/h2*2H,1H2,(H,4,5);. The third kappa shape index (κ3) is 273. The SMILES string of the molecule is C=CC(=O)O.C=CC(=O)O.FC(F)(F)F. The Kier molecular flexibility index (Phi) is 12.8. The van der Waals surface area contributed by atoms with E-state index in [9.17, 15) is 27.2 Å². The first-order chi connectivity index (χ1) is 6.54. The Morgan fingerprint density at radius 3 is 1.00 bits per heavy atom. The molecule has 8 heteroatoms. The van der Waals surface area contributed by atoms with E-state index in [4.69, 9.17) is 10.2 Å². The first-order valence-electron chi connectivity index (χ1n) is 3.01. The highest BCUT2D eigenvalue weighted by Crippen LogP contribution is 2.13. The van der Waals surface area contributed by atoms with E-state index in [-0.39, 0.29) is 0 Å². The fourth-order valence-corrected chi connectivity index (χ4v) is 0. The second-order valence-electron chi connectivity index (χ2n) is 1.51. The maximum Gasteiger partial charge on any atom is 0.559 e. The minimum absolute atomic E-state index is 0.833. The van der Waals surface area contributed by atoms with Crippen LogP contribution in [0.5, 0.6) is 0 Å². The summed E-state index contributed by atoms with van der Waals surface area (Å²) in [4.78, 5) is 18.5. The molecule has 0 aliphatic rings. The first kappa shape index (κ1) is 18.8. The van der Waals surface area contributed by atoms with Gasteiger partial charge in [0.1, 0.15) is 0 Å². The van der Waals surface area contributed by atoms with Crippen LogP contribution in [0.15, 0.2) is 25.3 Å². The highest BCUT2D eigenvalue weighted by Gasteiger charge is 2.24. The van der Waals surface area contributed by atoms with E-state index in [1.54, 1.807) is 0 Å². The maximum absolute atomic E-state index is 9.69. The number of aliphatic carboxylic acids is 2. The zero-order valence-corrected chi connectivity index (χ0v) is 7.29. The number of alkyl halides is 4. The van der Waals surface area contributed by atoms with Gasteiger partial charge in [0, 0.05) is 12.2 Å². The zero-order valence-electron chi connectivity index (χ0n) is 7.29. The summed E-state index contributed by atoms with van der Waals surface area (Å²) in [5.74, 6) is -1.96. The minimum atomic E-state index is -5.50. The highest BCUT2D eigenvalue weighted by atomic mass is 19.5. The van der Waals surface area contributed by atoms with Gasteiger partial charge in [-0.2, -0.15) is 0 Å². The van der Waals surface area contributed by atoms with Crippen molar-refractivity contribution in [3.8, 4) is 0 Å². The first-order valence-corrected chi connectivity index (χ1v) is 3.01. The van der Waals surface area contributed by atoms with Gasteiger partial charge in [0.25, 0.3) is 0 Å². The van der Waals surface area contributed by atoms with Crippen molar-refractivity contribution >= 4 is 11.9 Å². The summed E-state index contributed by atoms with van der Waals surface area (Å²) < 4.78 is 38.8. The summed E-state index contributed by atoms with van der Waals surface area (Å²) >= 11 is 0. The normalized spacial score (nSPS) is 8.27. The second kappa shape index (κ2) is 10.2. The molecule has 0 saturated heterocycles. The largest absolute Gasteiger partial charge is 0.559 e. The zero-order chi connectivity index (χ0) is 13.1. The number of rotatable bonds is 2. The smallest absolute Gasteiger partial charge is 0.478 e. The molecule has 88 valence electrons. The Hall–Kier alpha value is -1.86. The third-order valence-electron chi connectivity index (χ3n) is 0.349. The van der Waals surface area contributed by atoms with Gasteiger partial charge in [-0.05, 0) is 0 Å². The number of hydrogen-bond donors (Lipinski definition) is 2. The lowest BCUT2D eigenvalue weighted by Gasteiger charge is -1.82. The maximum atomic E-state index is 9.69. The van der Waals surface area contributed by atoms with Gasteiger partial charge >= 0.3 is 18.4 Å². The van der Waals surface area contributed by atoms with Crippen molar-refractivity contribution in [3.05, 3.63) is 25.3 Å². The fourth-order valence-electron chi connectivity index (χ4n) is 0. The summed E-state index contributed by atoms with van der Waals surface area (Å²) in [5, 5.41) is 15.2. The van der Waals surface area contributed by atoms with Crippen LogP contribution in [0, 0.1) is 0 Å². The average Bonchev–Trinajstić information content (AvgIpc) is 2.02. The van der Waals surface area contributed by atoms with Gasteiger partial charge < -0.3 is 10.2 Å². The van der Waals surface area contributed by atoms with E-state index in [2.05, 4.69) is 13.2 Å². The number of carbonyl (C=O) groups is 2. The Balaban J connectivity index is -0.000000144. The van der Waals surface area contributed by atoms with Crippen LogP contribution in [0.1, 0.15) is 0 Å². The summed E-state index contributed by atoms with van der Waals surface area (Å²) in [6, 6.07) is 0. The van der Waals surface area contributed by atoms with Gasteiger partial charge in [0.05, 0.1) is 0 Å². The van der Waals surface area contributed by atoms with Crippen molar-refractivity contribution in [1.29, 1.82) is 0 Å². The molecule has 0 atom stereocenters. The molecular weight excluding hydrogens is 224 g/mol. The summed E-state index contributed by atoms with van der Waals surface area (Å²) in [7, 11) is 0. The van der Waals surface area contributed by atoms with Crippen molar-refractivity contribution in [2.24, 2.45) is 0 Å². The van der Waals surface area contributed by atoms with Gasteiger partial charge in [0.15, 0.2) is 0 Å². The molecule has 0 heterocycles. The van der Waals surface area contributed by atoms with Crippen LogP contribution in [-0.4, -0.2) is 28.6 Å². The summed E-state index contributed by atoms with van der Waals surface area (Å²) in [6.07, 6.45) is -3.83. The van der Waals surface area contributed by atoms with Gasteiger partial charge in [-0.3, -0.25) is 0 Å². The molecule has 0 unspecified atom stereocenters. The second-order valence-corrected chi connectivity index (χ2v) is 1.51. The molecule has 0 spiro atoms. The van der Waals surface area contributed by atoms with Gasteiger partial charge in [0.2, 0.25) is 0 Å². The van der Waals surface area contributed by atoms with E-state index < -0.39 is 18.4 Å². The van der Waals surface area contributed by atoms with Gasteiger partial charge in [-0.25, -0.2) is 9.59 Å².